The number of carbonyl (C=O) groups excluding carboxylic acids is 1. The highest BCUT2D eigenvalue weighted by Gasteiger charge is 2.67. The third-order valence-corrected chi connectivity index (χ3v) is 4.74. The Hall–Kier alpha value is -2.74. The minimum Gasteiger partial charge on any atom is -0.481 e. The van der Waals surface area contributed by atoms with E-state index in [9.17, 15) is 24.8 Å². The molecule has 2 fully saturated rings. The fourth-order valence-corrected chi connectivity index (χ4v) is 3.77. The molecular weight excluding hydrogens is 304 g/mol. The van der Waals surface area contributed by atoms with Crippen LogP contribution in [-0.4, -0.2) is 40.2 Å². The molecule has 0 unspecified atom stereocenters. The quantitative estimate of drug-likeness (QED) is 0.505. The van der Waals surface area contributed by atoms with Gasteiger partial charge in [0.05, 0.1) is 29.2 Å². The van der Waals surface area contributed by atoms with Crippen LogP contribution in [0.2, 0.25) is 0 Å². The van der Waals surface area contributed by atoms with Crippen molar-refractivity contribution in [2.45, 2.75) is 11.7 Å². The van der Waals surface area contributed by atoms with Gasteiger partial charge in [-0.15, -0.1) is 0 Å². The molecule has 0 saturated carbocycles. The number of carbonyl (C=O) groups is 2. The molecule has 3 aliphatic heterocycles. The lowest BCUT2D eigenvalue weighted by Gasteiger charge is -2.21. The van der Waals surface area contributed by atoms with E-state index in [4.69, 9.17) is 4.74 Å². The van der Waals surface area contributed by atoms with Crippen molar-refractivity contribution in [3.05, 3.63) is 46.5 Å². The molecule has 0 aromatic heterocycles. The molecule has 23 heavy (non-hydrogen) atoms. The second kappa shape index (κ2) is 4.39. The highest BCUT2D eigenvalue weighted by Crippen LogP contribution is 2.52. The lowest BCUT2D eigenvalue weighted by Crippen LogP contribution is -2.39. The Balaban J connectivity index is 1.73. The number of benzene rings is 1. The largest absolute Gasteiger partial charge is 0.481 e. The second-order valence-electron chi connectivity index (χ2n) is 5.94. The second-order valence-corrected chi connectivity index (χ2v) is 5.94. The van der Waals surface area contributed by atoms with E-state index >= 15 is 0 Å². The molecule has 3 aliphatic rings. The molecule has 1 aromatic carbocycles. The summed E-state index contributed by atoms with van der Waals surface area (Å²) in [6.45, 7) is 0.161. The van der Waals surface area contributed by atoms with Crippen LogP contribution in [0.4, 0.5) is 11.4 Å². The van der Waals surface area contributed by atoms with Gasteiger partial charge in [0, 0.05) is 12.1 Å². The van der Waals surface area contributed by atoms with Gasteiger partial charge in [-0.1, -0.05) is 18.2 Å². The molecule has 8 heteroatoms. The maximum absolute atomic E-state index is 12.7. The molecular formula is C15H12N2O6. The zero-order chi connectivity index (χ0) is 16.4. The Kier molecular flexibility index (Phi) is 2.65. The highest BCUT2D eigenvalue weighted by atomic mass is 16.6. The zero-order valence-electron chi connectivity index (χ0n) is 11.8. The van der Waals surface area contributed by atoms with E-state index in [-0.39, 0.29) is 18.1 Å². The van der Waals surface area contributed by atoms with Crippen molar-refractivity contribution in [2.75, 3.05) is 11.4 Å². The van der Waals surface area contributed by atoms with E-state index in [0.717, 1.165) is 0 Å². The summed E-state index contributed by atoms with van der Waals surface area (Å²) in [5.74, 6) is -3.16. The number of rotatable bonds is 3. The molecule has 1 amide bonds. The summed E-state index contributed by atoms with van der Waals surface area (Å²) in [6.07, 6.45) is 2.84. The molecule has 2 bridgehead atoms. The molecule has 3 heterocycles. The van der Waals surface area contributed by atoms with Crippen molar-refractivity contribution < 1.29 is 24.4 Å². The van der Waals surface area contributed by atoms with Crippen LogP contribution in [-0.2, 0) is 14.3 Å². The van der Waals surface area contributed by atoms with E-state index in [1.807, 2.05) is 0 Å². The van der Waals surface area contributed by atoms with Gasteiger partial charge in [-0.2, -0.15) is 0 Å². The molecule has 8 nitrogen and oxygen atoms in total. The summed E-state index contributed by atoms with van der Waals surface area (Å²) in [6, 6.07) is 5.73. The molecule has 1 N–H and O–H groups in total. The van der Waals surface area contributed by atoms with E-state index in [1.54, 1.807) is 18.2 Å². The third-order valence-electron chi connectivity index (χ3n) is 4.74. The monoisotopic (exact) mass is 316 g/mol. The third kappa shape index (κ3) is 1.75. The summed E-state index contributed by atoms with van der Waals surface area (Å²) < 4.78 is 5.77. The van der Waals surface area contributed by atoms with Gasteiger partial charge in [0.2, 0.25) is 5.91 Å². The number of aliphatic carboxylic acids is 1. The first kappa shape index (κ1) is 13.9. The van der Waals surface area contributed by atoms with Crippen LogP contribution in [0, 0.1) is 22.0 Å². The summed E-state index contributed by atoms with van der Waals surface area (Å²) >= 11 is 0. The Morgan fingerprint density at radius 1 is 1.48 bits per heavy atom. The van der Waals surface area contributed by atoms with Gasteiger partial charge in [-0.25, -0.2) is 0 Å². The van der Waals surface area contributed by atoms with Gasteiger partial charge in [-0.05, 0) is 6.07 Å². The molecule has 2 saturated heterocycles. The number of ether oxygens (including phenoxy) is 1. The van der Waals surface area contributed by atoms with Gasteiger partial charge in [-0.3, -0.25) is 19.7 Å². The Bertz CT molecular complexity index is 775. The predicted molar refractivity (Wildman–Crippen MR) is 76.8 cm³/mol. The number of fused-ring (bicyclic) bond motifs is 1. The minimum atomic E-state index is -1.07. The van der Waals surface area contributed by atoms with Crippen LogP contribution in [0.1, 0.15) is 0 Å². The Morgan fingerprint density at radius 3 is 2.96 bits per heavy atom. The molecule has 4 atom stereocenters. The standard InChI is InChI=1S/C15H12N2O6/c18-13-12-11(14(19)20)10-4-5-15(12,23-10)7-16(13)8-2-1-3-9(6-8)17(21)22/h1-6,10-12H,7H2,(H,19,20)/t10-,11-,12-,15+/m1/s1. The first-order valence-electron chi connectivity index (χ1n) is 7.09. The first-order valence-corrected chi connectivity index (χ1v) is 7.09. The minimum absolute atomic E-state index is 0.125. The summed E-state index contributed by atoms with van der Waals surface area (Å²) in [5, 5.41) is 20.3. The fourth-order valence-electron chi connectivity index (χ4n) is 3.77. The first-order chi connectivity index (χ1) is 10.9. The summed E-state index contributed by atoms with van der Waals surface area (Å²) in [7, 11) is 0. The van der Waals surface area contributed by atoms with Crippen LogP contribution in [0.3, 0.4) is 0 Å². The van der Waals surface area contributed by atoms with Gasteiger partial charge < -0.3 is 14.7 Å². The highest BCUT2D eigenvalue weighted by molar-refractivity contribution is 6.02. The van der Waals surface area contributed by atoms with Crippen LogP contribution in [0.25, 0.3) is 0 Å². The normalized spacial score (nSPS) is 34.0. The maximum atomic E-state index is 12.7. The average molecular weight is 316 g/mol. The maximum Gasteiger partial charge on any atom is 0.310 e. The molecule has 118 valence electrons. The SMILES string of the molecule is O=C(O)[C@@H]1[C@H]2C=C[C@@]3(CN(c4cccc([N+](=O)[O-])c4)C(=O)[C@@H]13)O2. The van der Waals surface area contributed by atoms with E-state index < -0.39 is 34.4 Å². The zero-order valence-corrected chi connectivity index (χ0v) is 11.8. The number of anilines is 1. The number of nitro benzene ring substituents is 1. The molecule has 4 rings (SSSR count). The number of nitro groups is 1. The van der Waals surface area contributed by atoms with Crippen LogP contribution >= 0.6 is 0 Å². The van der Waals surface area contributed by atoms with Gasteiger partial charge >= 0.3 is 5.97 Å². The summed E-state index contributed by atoms with van der Waals surface area (Å²) in [5.41, 5.74) is -0.701. The van der Waals surface area contributed by atoms with Crippen molar-refractivity contribution in [1.29, 1.82) is 0 Å². The number of amides is 1. The van der Waals surface area contributed by atoms with Gasteiger partial charge in [0.1, 0.15) is 11.5 Å². The number of non-ortho nitro benzene ring substituents is 1. The Morgan fingerprint density at radius 2 is 2.26 bits per heavy atom. The molecule has 1 spiro atoms. The van der Waals surface area contributed by atoms with Crippen molar-refractivity contribution in [3.63, 3.8) is 0 Å². The van der Waals surface area contributed by atoms with E-state index in [2.05, 4.69) is 0 Å². The van der Waals surface area contributed by atoms with Crippen molar-refractivity contribution in [1.82, 2.24) is 0 Å². The number of carboxylic acid groups (broad SMARTS) is 1. The molecule has 1 aromatic rings. The smallest absolute Gasteiger partial charge is 0.310 e. The lowest BCUT2D eigenvalue weighted by atomic mass is 9.77. The topological polar surface area (TPSA) is 110 Å². The van der Waals surface area contributed by atoms with Gasteiger partial charge in [0.15, 0.2) is 0 Å². The predicted octanol–water partition coefficient (Wildman–Crippen LogP) is 0.966. The number of nitrogens with zero attached hydrogens (tertiary/aromatic N) is 2. The Labute approximate surface area is 130 Å². The van der Waals surface area contributed by atoms with E-state index in [0.29, 0.717) is 5.69 Å². The van der Waals surface area contributed by atoms with Crippen molar-refractivity contribution in [3.8, 4) is 0 Å². The summed E-state index contributed by atoms with van der Waals surface area (Å²) in [4.78, 5) is 36.0. The van der Waals surface area contributed by atoms with Crippen LogP contribution in [0.5, 0.6) is 0 Å². The fraction of sp³-hybridized carbons (Fsp3) is 0.333. The lowest BCUT2D eigenvalue weighted by molar-refractivity contribution is -0.384. The average Bonchev–Trinajstić information content (AvgIpc) is 3.15. The van der Waals surface area contributed by atoms with E-state index in [1.165, 1.54) is 23.1 Å². The van der Waals surface area contributed by atoms with Crippen molar-refractivity contribution in [2.24, 2.45) is 11.8 Å². The van der Waals surface area contributed by atoms with Crippen LogP contribution < -0.4 is 4.90 Å². The number of hydrogen-bond donors (Lipinski definition) is 1. The van der Waals surface area contributed by atoms with Crippen molar-refractivity contribution >= 4 is 23.3 Å². The van der Waals surface area contributed by atoms with Crippen LogP contribution in [0.15, 0.2) is 36.4 Å². The van der Waals surface area contributed by atoms with Gasteiger partial charge in [0.25, 0.3) is 5.69 Å². The number of carboxylic acids is 1. The number of hydrogen-bond acceptors (Lipinski definition) is 5. The molecule has 0 aliphatic carbocycles. The molecule has 0 radical (unpaired) electrons.